The van der Waals surface area contributed by atoms with E-state index in [1.165, 1.54) is 24.0 Å². The maximum absolute atomic E-state index is 12.1. The first-order valence-corrected chi connectivity index (χ1v) is 9.08. The molecule has 1 aliphatic carbocycles. The Hall–Kier alpha value is -2.34. The minimum atomic E-state index is -0.167. The number of rotatable bonds is 3. The Bertz CT molecular complexity index is 720. The maximum Gasteiger partial charge on any atom is 0.320 e. The SMILES string of the molecule is O=C(Nc1ccc2c(n1)C=C(C1=CCOCC1)CN2)NC1CCCC1. The predicted octanol–water partition coefficient (Wildman–Crippen LogP) is 3.30. The number of pyridine rings is 1. The molecule has 1 fully saturated rings. The Kier molecular flexibility index (Phi) is 4.70. The van der Waals surface area contributed by atoms with Crippen LogP contribution in [-0.4, -0.2) is 36.8 Å². The molecule has 2 amide bonds. The molecule has 0 aromatic carbocycles. The van der Waals surface area contributed by atoms with Gasteiger partial charge in [-0.05, 0) is 48.6 Å². The fourth-order valence-corrected chi connectivity index (χ4v) is 3.64. The topological polar surface area (TPSA) is 75.3 Å². The smallest absolute Gasteiger partial charge is 0.320 e. The molecule has 6 nitrogen and oxygen atoms in total. The molecule has 3 heterocycles. The van der Waals surface area contributed by atoms with E-state index in [0.717, 1.165) is 43.8 Å². The highest BCUT2D eigenvalue weighted by atomic mass is 16.5. The molecule has 3 aliphatic rings. The first-order valence-electron chi connectivity index (χ1n) is 9.08. The number of carbonyl (C=O) groups excluding carboxylic acids is 1. The first-order chi connectivity index (χ1) is 12.3. The molecule has 0 unspecified atom stereocenters. The van der Waals surface area contributed by atoms with Gasteiger partial charge in [0, 0.05) is 12.6 Å². The second-order valence-corrected chi connectivity index (χ2v) is 6.79. The molecule has 0 atom stereocenters. The fourth-order valence-electron chi connectivity index (χ4n) is 3.64. The molecule has 0 radical (unpaired) electrons. The van der Waals surface area contributed by atoms with Crippen LogP contribution in [0.5, 0.6) is 0 Å². The minimum Gasteiger partial charge on any atom is -0.379 e. The first kappa shape index (κ1) is 16.1. The molecule has 25 heavy (non-hydrogen) atoms. The van der Waals surface area contributed by atoms with Crippen molar-refractivity contribution in [1.82, 2.24) is 10.3 Å². The van der Waals surface area contributed by atoms with E-state index in [1.807, 2.05) is 12.1 Å². The molecule has 1 aromatic heterocycles. The molecule has 132 valence electrons. The van der Waals surface area contributed by atoms with Gasteiger partial charge < -0.3 is 15.4 Å². The number of amides is 2. The molecule has 0 saturated heterocycles. The van der Waals surface area contributed by atoms with E-state index in [1.54, 1.807) is 0 Å². The molecule has 4 rings (SSSR count). The number of hydrogen-bond donors (Lipinski definition) is 3. The average molecular weight is 340 g/mol. The monoisotopic (exact) mass is 340 g/mol. The zero-order chi connectivity index (χ0) is 17.1. The number of hydrogen-bond acceptors (Lipinski definition) is 4. The molecule has 3 N–H and O–H groups in total. The minimum absolute atomic E-state index is 0.167. The highest BCUT2D eigenvalue weighted by Gasteiger charge is 2.19. The van der Waals surface area contributed by atoms with Crippen molar-refractivity contribution in [2.24, 2.45) is 0 Å². The predicted molar refractivity (Wildman–Crippen MR) is 98.6 cm³/mol. The summed E-state index contributed by atoms with van der Waals surface area (Å²) in [5, 5.41) is 9.29. The molecular formula is C19H24N4O2. The quantitative estimate of drug-likeness (QED) is 0.789. The Morgan fingerprint density at radius 1 is 1.24 bits per heavy atom. The normalized spacial score (nSPS) is 20.2. The van der Waals surface area contributed by atoms with Gasteiger partial charge in [-0.1, -0.05) is 18.9 Å². The van der Waals surface area contributed by atoms with Crippen LogP contribution in [0.15, 0.2) is 29.4 Å². The standard InChI is InChI=1S/C19H24N4O2/c24-19(21-15-3-1-2-4-15)23-18-6-5-16-17(22-18)11-14(12-20-16)13-7-9-25-10-8-13/h5-7,11,15,20H,1-4,8-10,12H2,(H2,21,22,23,24). The number of aromatic nitrogens is 1. The lowest BCUT2D eigenvalue weighted by molar-refractivity contribution is 0.155. The fraction of sp³-hybridized carbons (Fsp3) is 0.474. The summed E-state index contributed by atoms with van der Waals surface area (Å²) in [6.07, 6.45) is 9.72. The van der Waals surface area contributed by atoms with Crippen LogP contribution in [0.25, 0.3) is 6.08 Å². The van der Waals surface area contributed by atoms with Gasteiger partial charge in [-0.25, -0.2) is 9.78 Å². The Balaban J connectivity index is 1.46. The largest absolute Gasteiger partial charge is 0.379 e. The van der Waals surface area contributed by atoms with Gasteiger partial charge in [0.2, 0.25) is 0 Å². The Morgan fingerprint density at radius 3 is 2.92 bits per heavy atom. The van der Waals surface area contributed by atoms with Crippen LogP contribution in [0.4, 0.5) is 16.3 Å². The molecule has 1 saturated carbocycles. The van der Waals surface area contributed by atoms with Gasteiger partial charge in [-0.3, -0.25) is 5.32 Å². The Morgan fingerprint density at radius 2 is 2.12 bits per heavy atom. The van der Waals surface area contributed by atoms with Crippen molar-refractivity contribution in [3.63, 3.8) is 0 Å². The van der Waals surface area contributed by atoms with Gasteiger partial charge in [0.05, 0.1) is 24.6 Å². The van der Waals surface area contributed by atoms with Crippen molar-refractivity contribution >= 4 is 23.6 Å². The highest BCUT2D eigenvalue weighted by molar-refractivity contribution is 5.89. The van der Waals surface area contributed by atoms with Crippen LogP contribution >= 0.6 is 0 Å². The van der Waals surface area contributed by atoms with Crippen LogP contribution < -0.4 is 16.0 Å². The summed E-state index contributed by atoms with van der Waals surface area (Å²) in [5.41, 5.74) is 4.44. The maximum atomic E-state index is 12.1. The summed E-state index contributed by atoms with van der Waals surface area (Å²) < 4.78 is 5.38. The van der Waals surface area contributed by atoms with Gasteiger partial charge in [0.25, 0.3) is 0 Å². The van der Waals surface area contributed by atoms with Crippen LogP contribution in [0.3, 0.4) is 0 Å². The summed E-state index contributed by atoms with van der Waals surface area (Å²) in [6.45, 7) is 2.25. The van der Waals surface area contributed by atoms with Gasteiger partial charge in [0.15, 0.2) is 0 Å². The van der Waals surface area contributed by atoms with Crippen LogP contribution in [0.2, 0.25) is 0 Å². The van der Waals surface area contributed by atoms with Crippen LogP contribution in [0.1, 0.15) is 37.8 Å². The number of fused-ring (bicyclic) bond motifs is 1. The third kappa shape index (κ3) is 3.85. The summed E-state index contributed by atoms with van der Waals surface area (Å²) in [7, 11) is 0. The van der Waals surface area contributed by atoms with Crippen molar-refractivity contribution < 1.29 is 9.53 Å². The van der Waals surface area contributed by atoms with Gasteiger partial charge in [0.1, 0.15) is 5.82 Å². The molecule has 0 bridgehead atoms. The van der Waals surface area contributed by atoms with Crippen molar-refractivity contribution in [3.05, 3.63) is 35.0 Å². The van der Waals surface area contributed by atoms with Gasteiger partial charge >= 0.3 is 6.03 Å². The summed E-state index contributed by atoms with van der Waals surface area (Å²) in [4.78, 5) is 16.7. The summed E-state index contributed by atoms with van der Waals surface area (Å²) >= 11 is 0. The van der Waals surface area contributed by atoms with E-state index in [0.29, 0.717) is 18.5 Å². The highest BCUT2D eigenvalue weighted by Crippen LogP contribution is 2.28. The van der Waals surface area contributed by atoms with Crippen molar-refractivity contribution in [3.8, 4) is 0 Å². The molecule has 1 aromatic rings. The second-order valence-electron chi connectivity index (χ2n) is 6.79. The van der Waals surface area contributed by atoms with Crippen molar-refractivity contribution in [1.29, 1.82) is 0 Å². The number of nitrogens with one attached hydrogen (secondary N) is 3. The van der Waals surface area contributed by atoms with E-state index in [2.05, 4.69) is 33.1 Å². The lowest BCUT2D eigenvalue weighted by Crippen LogP contribution is -2.36. The third-order valence-corrected chi connectivity index (χ3v) is 5.01. The number of carbonyl (C=O) groups is 1. The van der Waals surface area contributed by atoms with E-state index in [9.17, 15) is 4.79 Å². The zero-order valence-electron chi connectivity index (χ0n) is 14.3. The van der Waals surface area contributed by atoms with Crippen LogP contribution in [-0.2, 0) is 4.74 Å². The number of ether oxygens (including phenoxy) is 1. The van der Waals surface area contributed by atoms with E-state index < -0.39 is 0 Å². The number of urea groups is 1. The lowest BCUT2D eigenvalue weighted by atomic mass is 9.97. The van der Waals surface area contributed by atoms with Gasteiger partial charge in [-0.2, -0.15) is 0 Å². The van der Waals surface area contributed by atoms with Crippen LogP contribution in [0, 0.1) is 0 Å². The second kappa shape index (κ2) is 7.27. The lowest BCUT2D eigenvalue weighted by Gasteiger charge is -2.22. The average Bonchev–Trinajstić information content (AvgIpc) is 3.14. The summed E-state index contributed by atoms with van der Waals surface area (Å²) in [5.74, 6) is 0.578. The van der Waals surface area contributed by atoms with Crippen molar-refractivity contribution in [2.75, 3.05) is 30.4 Å². The molecular weight excluding hydrogens is 316 g/mol. The summed E-state index contributed by atoms with van der Waals surface area (Å²) in [6, 6.07) is 3.94. The van der Waals surface area contributed by atoms with E-state index in [-0.39, 0.29) is 6.03 Å². The molecule has 2 aliphatic heterocycles. The number of nitrogens with zero attached hydrogens (tertiary/aromatic N) is 1. The zero-order valence-corrected chi connectivity index (χ0v) is 14.3. The third-order valence-electron chi connectivity index (χ3n) is 5.01. The van der Waals surface area contributed by atoms with Gasteiger partial charge in [-0.15, -0.1) is 0 Å². The van der Waals surface area contributed by atoms with E-state index in [4.69, 9.17) is 4.74 Å². The van der Waals surface area contributed by atoms with Crippen molar-refractivity contribution in [2.45, 2.75) is 38.1 Å². The number of anilines is 2. The van der Waals surface area contributed by atoms with E-state index >= 15 is 0 Å². The Labute approximate surface area is 147 Å². The molecule has 6 heteroatoms. The molecule has 0 spiro atoms.